The Morgan fingerprint density at radius 1 is 1.58 bits per heavy atom. The number of aliphatic hydroxyl groups is 1. The molecule has 0 radical (unpaired) electrons. The molecule has 0 spiro atoms. The van der Waals surface area contributed by atoms with Crippen molar-refractivity contribution in [3.63, 3.8) is 0 Å². The van der Waals surface area contributed by atoms with E-state index in [0.29, 0.717) is 12.5 Å². The van der Waals surface area contributed by atoms with Gasteiger partial charge >= 0.3 is 0 Å². The monoisotopic (exact) mass is 264 g/mol. The van der Waals surface area contributed by atoms with Crippen LogP contribution in [-0.4, -0.2) is 34.1 Å². The summed E-state index contributed by atoms with van der Waals surface area (Å²) in [7, 11) is 0. The lowest BCUT2D eigenvalue weighted by Crippen LogP contribution is -2.39. The van der Waals surface area contributed by atoms with Crippen molar-refractivity contribution in [2.75, 3.05) is 13.1 Å². The third kappa shape index (κ3) is 3.75. The maximum Gasteiger partial charge on any atom is 0.269 e. The lowest BCUT2D eigenvalue weighted by Gasteiger charge is -2.34. The number of hydrogen-bond acceptors (Lipinski definition) is 4. The number of hydrogen-bond donors (Lipinski definition) is 1. The van der Waals surface area contributed by atoms with Gasteiger partial charge in [-0.15, -0.1) is 0 Å². The van der Waals surface area contributed by atoms with Crippen LogP contribution in [0.4, 0.5) is 5.69 Å². The molecule has 19 heavy (non-hydrogen) atoms. The Balaban J connectivity index is 2.00. The maximum absolute atomic E-state index is 10.7. The van der Waals surface area contributed by atoms with E-state index in [1.165, 1.54) is 6.07 Å². The zero-order chi connectivity index (χ0) is 13.8. The summed E-state index contributed by atoms with van der Waals surface area (Å²) in [6, 6.07) is 6.78. The largest absolute Gasteiger partial charge is 0.393 e. The molecule has 104 valence electrons. The van der Waals surface area contributed by atoms with Gasteiger partial charge in [0.05, 0.1) is 11.0 Å². The van der Waals surface area contributed by atoms with Gasteiger partial charge in [0, 0.05) is 25.2 Å². The second-order valence-electron chi connectivity index (χ2n) is 5.31. The van der Waals surface area contributed by atoms with Crippen LogP contribution in [0.5, 0.6) is 0 Å². The second kappa shape index (κ2) is 6.12. The Morgan fingerprint density at radius 3 is 3.05 bits per heavy atom. The minimum absolute atomic E-state index is 0.140. The highest BCUT2D eigenvalue weighted by Gasteiger charge is 2.23. The van der Waals surface area contributed by atoms with E-state index in [1.807, 2.05) is 13.0 Å². The molecule has 1 aromatic carbocycles. The molecule has 0 saturated carbocycles. The summed E-state index contributed by atoms with van der Waals surface area (Å²) in [4.78, 5) is 12.6. The predicted molar refractivity (Wildman–Crippen MR) is 72.8 cm³/mol. The first-order valence-corrected chi connectivity index (χ1v) is 6.70. The molecule has 1 N–H and O–H groups in total. The van der Waals surface area contributed by atoms with Gasteiger partial charge in [0.25, 0.3) is 5.69 Å². The first-order chi connectivity index (χ1) is 9.06. The minimum Gasteiger partial charge on any atom is -0.393 e. The van der Waals surface area contributed by atoms with Gasteiger partial charge in [0.1, 0.15) is 0 Å². The van der Waals surface area contributed by atoms with Crippen molar-refractivity contribution >= 4 is 5.69 Å². The topological polar surface area (TPSA) is 66.6 Å². The van der Waals surface area contributed by atoms with Crippen molar-refractivity contribution in [3.8, 4) is 0 Å². The Hall–Kier alpha value is -1.46. The van der Waals surface area contributed by atoms with Gasteiger partial charge in [-0.2, -0.15) is 0 Å². The van der Waals surface area contributed by atoms with E-state index in [2.05, 4.69) is 4.90 Å². The molecule has 0 aromatic heterocycles. The summed E-state index contributed by atoms with van der Waals surface area (Å²) in [5, 5.41) is 20.4. The van der Waals surface area contributed by atoms with Crippen LogP contribution in [0.25, 0.3) is 0 Å². The van der Waals surface area contributed by atoms with Gasteiger partial charge < -0.3 is 5.11 Å². The van der Waals surface area contributed by atoms with Crippen LogP contribution < -0.4 is 0 Å². The Bertz CT molecular complexity index is 448. The van der Waals surface area contributed by atoms with Gasteiger partial charge in [0.15, 0.2) is 0 Å². The lowest BCUT2D eigenvalue weighted by atomic mass is 9.93. The van der Waals surface area contributed by atoms with Gasteiger partial charge in [-0.3, -0.25) is 15.0 Å². The molecular weight excluding hydrogens is 244 g/mol. The summed E-state index contributed by atoms with van der Waals surface area (Å²) < 4.78 is 0. The number of piperidine rings is 1. The van der Waals surface area contributed by atoms with Crippen molar-refractivity contribution in [1.29, 1.82) is 0 Å². The molecule has 5 heteroatoms. The molecule has 0 unspecified atom stereocenters. The fraction of sp³-hybridized carbons (Fsp3) is 0.571. The quantitative estimate of drug-likeness (QED) is 0.668. The highest BCUT2D eigenvalue weighted by molar-refractivity contribution is 5.34. The van der Waals surface area contributed by atoms with Crippen molar-refractivity contribution in [2.24, 2.45) is 5.92 Å². The number of aliphatic hydroxyl groups excluding tert-OH is 1. The molecule has 0 amide bonds. The van der Waals surface area contributed by atoms with Crippen LogP contribution in [0, 0.1) is 16.0 Å². The number of non-ortho nitro benzene ring substituents is 1. The summed E-state index contributed by atoms with van der Waals surface area (Å²) in [5.74, 6) is 0.312. The Morgan fingerprint density at radius 2 is 2.37 bits per heavy atom. The highest BCUT2D eigenvalue weighted by atomic mass is 16.6. The van der Waals surface area contributed by atoms with Crippen molar-refractivity contribution in [1.82, 2.24) is 4.90 Å². The SMILES string of the molecule is C[C@@H](O)[C@@H]1CCCN(Cc2cccc([N+](=O)[O-])c2)C1. The fourth-order valence-electron chi connectivity index (χ4n) is 2.66. The van der Waals surface area contributed by atoms with Gasteiger partial charge in [-0.1, -0.05) is 12.1 Å². The van der Waals surface area contributed by atoms with Crippen molar-refractivity contribution < 1.29 is 10.0 Å². The van der Waals surface area contributed by atoms with Crippen LogP contribution in [0.1, 0.15) is 25.3 Å². The molecule has 0 aliphatic carbocycles. The molecule has 5 nitrogen and oxygen atoms in total. The normalized spacial score (nSPS) is 22.1. The minimum atomic E-state index is -0.363. The molecule has 1 saturated heterocycles. The summed E-state index contributed by atoms with van der Waals surface area (Å²) in [6.07, 6.45) is 1.85. The third-order valence-corrected chi connectivity index (χ3v) is 3.75. The van der Waals surface area contributed by atoms with E-state index in [-0.39, 0.29) is 16.7 Å². The standard InChI is InChI=1S/C14H20N2O3/c1-11(17)13-5-3-7-15(10-13)9-12-4-2-6-14(8-12)16(18)19/h2,4,6,8,11,13,17H,3,5,7,9-10H2,1H3/t11-,13-/m1/s1. The van der Waals surface area contributed by atoms with Crippen LogP contribution in [0.15, 0.2) is 24.3 Å². The number of nitro groups is 1. The van der Waals surface area contributed by atoms with E-state index in [1.54, 1.807) is 12.1 Å². The van der Waals surface area contributed by atoms with Crippen LogP contribution in [-0.2, 0) is 6.54 Å². The number of rotatable bonds is 4. The van der Waals surface area contributed by atoms with Crippen LogP contribution in [0.2, 0.25) is 0 Å². The fourth-order valence-corrected chi connectivity index (χ4v) is 2.66. The van der Waals surface area contributed by atoms with E-state index in [9.17, 15) is 15.2 Å². The molecule has 2 atom stereocenters. The molecule has 0 bridgehead atoms. The average Bonchev–Trinajstić information content (AvgIpc) is 2.39. The molecule has 2 rings (SSSR count). The van der Waals surface area contributed by atoms with Crippen LogP contribution >= 0.6 is 0 Å². The Labute approximate surface area is 113 Å². The highest BCUT2D eigenvalue weighted by Crippen LogP contribution is 2.22. The van der Waals surface area contributed by atoms with E-state index >= 15 is 0 Å². The van der Waals surface area contributed by atoms with Crippen molar-refractivity contribution in [2.45, 2.75) is 32.4 Å². The Kier molecular flexibility index (Phi) is 4.50. The zero-order valence-corrected chi connectivity index (χ0v) is 11.2. The molecule has 1 fully saturated rings. The molecular formula is C14H20N2O3. The molecule has 1 aromatic rings. The number of benzene rings is 1. The average molecular weight is 264 g/mol. The maximum atomic E-state index is 10.7. The molecule has 1 aliphatic rings. The summed E-state index contributed by atoms with van der Waals surface area (Å²) in [5.41, 5.74) is 1.10. The lowest BCUT2D eigenvalue weighted by molar-refractivity contribution is -0.384. The first-order valence-electron chi connectivity index (χ1n) is 6.70. The molecule has 1 aliphatic heterocycles. The van der Waals surface area contributed by atoms with Gasteiger partial charge in [0.2, 0.25) is 0 Å². The zero-order valence-electron chi connectivity index (χ0n) is 11.2. The van der Waals surface area contributed by atoms with Crippen molar-refractivity contribution in [3.05, 3.63) is 39.9 Å². The number of nitro benzene ring substituents is 1. The summed E-state index contributed by atoms with van der Waals surface area (Å²) in [6.45, 7) is 4.40. The molecule has 1 heterocycles. The smallest absolute Gasteiger partial charge is 0.269 e. The number of nitrogens with zero attached hydrogens (tertiary/aromatic N) is 2. The van der Waals surface area contributed by atoms with E-state index in [0.717, 1.165) is 31.5 Å². The third-order valence-electron chi connectivity index (χ3n) is 3.75. The van der Waals surface area contributed by atoms with E-state index < -0.39 is 0 Å². The number of likely N-dealkylation sites (tertiary alicyclic amines) is 1. The van der Waals surface area contributed by atoms with Crippen LogP contribution in [0.3, 0.4) is 0 Å². The second-order valence-corrected chi connectivity index (χ2v) is 5.31. The first kappa shape index (κ1) is 14.0. The van der Waals surface area contributed by atoms with E-state index in [4.69, 9.17) is 0 Å². The summed E-state index contributed by atoms with van der Waals surface area (Å²) >= 11 is 0. The van der Waals surface area contributed by atoms with Gasteiger partial charge in [-0.05, 0) is 37.8 Å². The predicted octanol–water partition coefficient (Wildman–Crippen LogP) is 2.19. The van der Waals surface area contributed by atoms with Gasteiger partial charge in [-0.25, -0.2) is 0 Å².